The van der Waals surface area contributed by atoms with Crippen LogP contribution in [0.25, 0.3) is 0 Å². The van der Waals surface area contributed by atoms with Crippen LogP contribution < -0.4 is 0 Å². The molecular weight excluding hydrogens is 401 g/mol. The van der Waals surface area contributed by atoms with E-state index in [1.165, 1.54) is 0 Å². The van der Waals surface area contributed by atoms with Gasteiger partial charge in [0.15, 0.2) is 0 Å². The Bertz CT molecular complexity index is 751. The van der Waals surface area contributed by atoms with Gasteiger partial charge >= 0.3 is 0 Å². The highest BCUT2D eigenvalue weighted by molar-refractivity contribution is 8.29. The number of hydrogen-bond donors (Lipinski definition) is 0. The first kappa shape index (κ1) is 20.8. The Balaban J connectivity index is 2.23. The van der Waals surface area contributed by atoms with Crippen molar-refractivity contribution in [1.82, 2.24) is 0 Å². The van der Waals surface area contributed by atoms with Gasteiger partial charge < -0.3 is 0 Å². The highest BCUT2D eigenvalue weighted by Gasteiger charge is 2.20. The topological polar surface area (TPSA) is 34.1 Å². The molecule has 0 atom stereocenters. The van der Waals surface area contributed by atoms with Crippen molar-refractivity contribution in [2.45, 2.75) is 58.9 Å². The molecule has 0 aromatic heterocycles. The summed E-state index contributed by atoms with van der Waals surface area (Å²) in [5, 5.41) is 0. The second kappa shape index (κ2) is 7.64. The molecule has 0 heterocycles. The van der Waals surface area contributed by atoms with Crippen molar-refractivity contribution in [2.24, 2.45) is 0 Å². The highest BCUT2D eigenvalue weighted by Crippen LogP contribution is 2.32. The van der Waals surface area contributed by atoms with E-state index in [4.69, 9.17) is 0 Å². The van der Waals surface area contributed by atoms with Crippen LogP contribution in [0.4, 0.5) is 0 Å². The van der Waals surface area contributed by atoms with E-state index < -0.39 is 24.3 Å². The normalized spacial score (nSPS) is 13.0. The van der Waals surface area contributed by atoms with E-state index in [-0.39, 0.29) is 0 Å². The number of rotatable bonds is 6. The summed E-state index contributed by atoms with van der Waals surface area (Å²) in [5.41, 5.74) is 0. The van der Waals surface area contributed by atoms with Gasteiger partial charge in [-0.05, 0) is 48.5 Å². The van der Waals surface area contributed by atoms with Crippen LogP contribution in [0.15, 0.2) is 68.1 Å². The first-order chi connectivity index (χ1) is 11.4. The Labute approximate surface area is 162 Å². The van der Waals surface area contributed by atoms with E-state index >= 15 is 0 Å². The van der Waals surface area contributed by atoms with Gasteiger partial charge in [-0.3, -0.25) is 0 Å². The predicted octanol–water partition coefficient (Wildman–Crippen LogP) is 6.37. The third-order valence-electron chi connectivity index (χ3n) is 3.12. The fourth-order valence-electron chi connectivity index (χ4n) is 2.22. The van der Waals surface area contributed by atoms with E-state index in [2.05, 4.69) is 39.3 Å². The molecule has 0 radical (unpaired) electrons. The van der Waals surface area contributed by atoms with Crippen molar-refractivity contribution in [3.05, 3.63) is 48.5 Å². The Kier molecular flexibility index (Phi) is 6.37. The molecule has 0 saturated heterocycles. The Morgan fingerprint density at radius 3 is 1.12 bits per heavy atom. The number of benzene rings is 2. The van der Waals surface area contributed by atoms with Gasteiger partial charge in [0.2, 0.25) is 9.84 Å². The summed E-state index contributed by atoms with van der Waals surface area (Å²) >= 11 is 3.74. The highest BCUT2D eigenvalue weighted by atomic mass is 32.4. The molecule has 0 saturated carbocycles. The summed E-state index contributed by atoms with van der Waals surface area (Å²) in [6.07, 6.45) is 0. The zero-order valence-electron chi connectivity index (χ0n) is 15.7. The van der Waals surface area contributed by atoms with E-state index in [1.807, 2.05) is 46.7 Å². The van der Waals surface area contributed by atoms with Gasteiger partial charge in [0, 0.05) is 9.79 Å². The zero-order valence-corrected chi connectivity index (χ0v) is 20.1. The van der Waals surface area contributed by atoms with E-state index in [0.717, 1.165) is 9.79 Å². The second-order valence-corrected chi connectivity index (χ2v) is 28.2. The van der Waals surface area contributed by atoms with E-state index in [0.29, 0.717) is 9.79 Å². The molecule has 25 heavy (non-hydrogen) atoms. The lowest BCUT2D eigenvalue weighted by Gasteiger charge is -2.16. The molecule has 2 rings (SSSR count). The zero-order chi connectivity index (χ0) is 18.9. The summed E-state index contributed by atoms with van der Waals surface area (Å²) in [4.78, 5) is 3.00. The summed E-state index contributed by atoms with van der Waals surface area (Å²) in [6.45, 7) is 13.7. The predicted molar refractivity (Wildman–Crippen MR) is 117 cm³/mol. The molecule has 0 aliphatic heterocycles. The molecule has 2 nitrogen and oxygen atoms in total. The standard InChI is InChI=1S/C18H26O2S3Si2/c1-24(2,3)21-15-7-11-17(12-8-15)23(19,20)18-13-9-16(10-14-18)22-25(4,5)6/h7-14H,1-6H3. The van der Waals surface area contributed by atoms with E-state index in [9.17, 15) is 8.42 Å². The summed E-state index contributed by atoms with van der Waals surface area (Å²) in [7, 11) is -6.02. The first-order valence-corrected chi connectivity index (χ1v) is 19.8. The lowest BCUT2D eigenvalue weighted by atomic mass is 10.4. The summed E-state index contributed by atoms with van der Waals surface area (Å²) in [5.74, 6) is 0. The van der Waals surface area contributed by atoms with Gasteiger partial charge in [0.05, 0.1) is 9.79 Å². The monoisotopic (exact) mass is 426 g/mol. The van der Waals surface area contributed by atoms with Gasteiger partial charge in [0.1, 0.15) is 14.4 Å². The van der Waals surface area contributed by atoms with E-state index in [1.54, 1.807) is 24.3 Å². The average molecular weight is 427 g/mol. The van der Waals surface area contributed by atoms with Crippen LogP contribution in [-0.4, -0.2) is 22.9 Å². The third kappa shape index (κ3) is 6.32. The third-order valence-corrected chi connectivity index (χ3v) is 12.2. The van der Waals surface area contributed by atoms with Crippen LogP contribution in [0.2, 0.25) is 39.3 Å². The molecule has 0 aliphatic rings. The molecule has 0 fully saturated rings. The molecule has 7 heteroatoms. The fourth-order valence-corrected chi connectivity index (χ4v) is 10.5. The lowest BCUT2D eigenvalue weighted by Crippen LogP contribution is -2.13. The molecule has 0 unspecified atom stereocenters. The Morgan fingerprint density at radius 2 is 0.880 bits per heavy atom. The molecule has 0 N–H and O–H groups in total. The van der Waals surface area contributed by atoms with Crippen molar-refractivity contribution in [2.75, 3.05) is 0 Å². The van der Waals surface area contributed by atoms with Crippen LogP contribution in [0.1, 0.15) is 0 Å². The maximum Gasteiger partial charge on any atom is 0.206 e. The summed E-state index contributed by atoms with van der Waals surface area (Å²) < 4.78 is 25.7. The van der Waals surface area contributed by atoms with Gasteiger partial charge in [-0.15, -0.1) is 0 Å². The minimum absolute atomic E-state index is 0.359. The summed E-state index contributed by atoms with van der Waals surface area (Å²) in [6, 6.07) is 14.6. The molecular formula is C18H26O2S3Si2. The molecule has 136 valence electrons. The van der Waals surface area contributed by atoms with Crippen LogP contribution in [0.3, 0.4) is 0 Å². The number of hydrogen-bond acceptors (Lipinski definition) is 4. The molecule has 0 amide bonds. The largest absolute Gasteiger partial charge is 0.219 e. The molecule has 0 aliphatic carbocycles. The SMILES string of the molecule is C[Si](C)(C)Sc1ccc(S(=O)(=O)c2ccc(S[Si](C)(C)C)cc2)cc1. The van der Waals surface area contributed by atoms with Crippen molar-refractivity contribution >= 4 is 46.7 Å². The van der Waals surface area contributed by atoms with Gasteiger partial charge in [-0.1, -0.05) is 39.3 Å². The average Bonchev–Trinajstić information content (AvgIpc) is 2.45. The Morgan fingerprint density at radius 1 is 0.600 bits per heavy atom. The molecule has 0 spiro atoms. The van der Waals surface area contributed by atoms with Crippen LogP contribution in [-0.2, 0) is 9.84 Å². The van der Waals surface area contributed by atoms with Crippen molar-refractivity contribution in [3.63, 3.8) is 0 Å². The smallest absolute Gasteiger partial charge is 0.206 e. The second-order valence-electron chi connectivity index (χ2n) is 7.88. The number of sulfone groups is 1. The Hall–Kier alpha value is -0.476. The van der Waals surface area contributed by atoms with Crippen LogP contribution in [0.5, 0.6) is 0 Å². The van der Waals surface area contributed by atoms with Crippen molar-refractivity contribution in [1.29, 1.82) is 0 Å². The lowest BCUT2D eigenvalue weighted by molar-refractivity contribution is 0.596. The maximum atomic E-state index is 12.8. The first-order valence-electron chi connectivity index (χ1n) is 8.20. The van der Waals surface area contributed by atoms with Gasteiger partial charge in [-0.2, -0.15) is 22.4 Å². The molecule has 0 bridgehead atoms. The van der Waals surface area contributed by atoms with Crippen molar-refractivity contribution < 1.29 is 8.42 Å². The fraction of sp³-hybridized carbons (Fsp3) is 0.333. The maximum absolute atomic E-state index is 12.8. The molecule has 2 aromatic rings. The van der Waals surface area contributed by atoms with Gasteiger partial charge in [0.25, 0.3) is 0 Å². The van der Waals surface area contributed by atoms with Crippen LogP contribution in [0, 0.1) is 0 Å². The van der Waals surface area contributed by atoms with Crippen molar-refractivity contribution in [3.8, 4) is 0 Å². The minimum Gasteiger partial charge on any atom is -0.219 e. The van der Waals surface area contributed by atoms with Gasteiger partial charge in [-0.25, -0.2) is 8.42 Å². The minimum atomic E-state index is -3.46. The molecule has 2 aromatic carbocycles. The van der Waals surface area contributed by atoms with Crippen LogP contribution >= 0.6 is 22.4 Å². The quantitative estimate of drug-likeness (QED) is 0.502.